The summed E-state index contributed by atoms with van der Waals surface area (Å²) < 4.78 is 0. The molecular formula is C17H24N2OS2. The van der Waals surface area contributed by atoms with Crippen molar-refractivity contribution in [1.82, 2.24) is 9.80 Å². The lowest BCUT2D eigenvalue weighted by Gasteiger charge is -2.26. The Labute approximate surface area is 141 Å². The van der Waals surface area contributed by atoms with Gasteiger partial charge in [0, 0.05) is 22.6 Å². The highest BCUT2D eigenvalue weighted by molar-refractivity contribution is 7.10. The number of thiophene rings is 2. The Morgan fingerprint density at radius 2 is 1.32 bits per heavy atom. The van der Waals surface area contributed by atoms with Crippen molar-refractivity contribution in [3.8, 4) is 0 Å². The van der Waals surface area contributed by atoms with E-state index in [-0.39, 0.29) is 12.1 Å². The molecule has 0 amide bonds. The lowest BCUT2D eigenvalue weighted by Crippen LogP contribution is -2.26. The van der Waals surface area contributed by atoms with Crippen molar-refractivity contribution < 1.29 is 4.79 Å². The topological polar surface area (TPSA) is 23.6 Å². The summed E-state index contributed by atoms with van der Waals surface area (Å²) in [5.41, 5.74) is 0. The van der Waals surface area contributed by atoms with E-state index in [1.165, 1.54) is 9.75 Å². The molecule has 0 aliphatic carbocycles. The van der Waals surface area contributed by atoms with E-state index in [9.17, 15) is 4.79 Å². The van der Waals surface area contributed by atoms with E-state index in [1.807, 2.05) is 28.2 Å². The van der Waals surface area contributed by atoms with Gasteiger partial charge in [0.15, 0.2) is 0 Å². The fourth-order valence-corrected chi connectivity index (χ4v) is 4.40. The zero-order chi connectivity index (χ0) is 16.1. The average molecular weight is 337 g/mol. The smallest absolute Gasteiger partial charge is 0.136 e. The molecular weight excluding hydrogens is 312 g/mol. The van der Waals surface area contributed by atoms with Gasteiger partial charge in [0.05, 0.1) is 12.1 Å². The highest BCUT2D eigenvalue weighted by Crippen LogP contribution is 2.31. The molecule has 0 aromatic carbocycles. The van der Waals surface area contributed by atoms with E-state index in [0.717, 1.165) is 0 Å². The molecule has 0 aliphatic heterocycles. The van der Waals surface area contributed by atoms with E-state index in [4.69, 9.17) is 0 Å². The number of carbonyl (C=O) groups excluding carboxylic acids is 1. The zero-order valence-electron chi connectivity index (χ0n) is 13.7. The van der Waals surface area contributed by atoms with Crippen LogP contribution in [0.4, 0.5) is 0 Å². The summed E-state index contributed by atoms with van der Waals surface area (Å²) in [6.07, 6.45) is 1.15. The van der Waals surface area contributed by atoms with Crippen molar-refractivity contribution in [3.63, 3.8) is 0 Å². The minimum absolute atomic E-state index is 0.179. The minimum Gasteiger partial charge on any atom is -0.301 e. The molecule has 0 spiro atoms. The molecule has 2 unspecified atom stereocenters. The molecule has 0 N–H and O–H groups in total. The second kappa shape index (κ2) is 8.02. The van der Waals surface area contributed by atoms with Gasteiger partial charge in [0.1, 0.15) is 5.78 Å². The summed E-state index contributed by atoms with van der Waals surface area (Å²) in [6.45, 7) is 0. The minimum atomic E-state index is 0.179. The summed E-state index contributed by atoms with van der Waals surface area (Å²) >= 11 is 3.44. The fraction of sp³-hybridized carbons (Fsp3) is 0.471. The monoisotopic (exact) mass is 336 g/mol. The van der Waals surface area contributed by atoms with Gasteiger partial charge in [-0.15, -0.1) is 22.7 Å². The first kappa shape index (κ1) is 17.3. The van der Waals surface area contributed by atoms with Crippen LogP contribution in [0.5, 0.6) is 0 Å². The van der Waals surface area contributed by atoms with Crippen LogP contribution >= 0.6 is 22.7 Å². The predicted octanol–water partition coefficient (Wildman–Crippen LogP) is 4.06. The summed E-state index contributed by atoms with van der Waals surface area (Å²) in [7, 11) is 8.17. The van der Waals surface area contributed by atoms with E-state index in [0.29, 0.717) is 18.6 Å². The van der Waals surface area contributed by atoms with Gasteiger partial charge in [0.25, 0.3) is 0 Å². The molecule has 2 aromatic heterocycles. The SMILES string of the molecule is CN(C)C(CC(=O)CC(c1cccs1)N(C)C)c1cccs1. The van der Waals surface area contributed by atoms with Gasteiger partial charge in [-0.05, 0) is 51.1 Å². The molecule has 2 heterocycles. The second-order valence-corrected chi connectivity index (χ2v) is 7.90. The highest BCUT2D eigenvalue weighted by atomic mass is 32.1. The number of nitrogens with zero attached hydrogens (tertiary/aromatic N) is 2. The zero-order valence-corrected chi connectivity index (χ0v) is 15.3. The van der Waals surface area contributed by atoms with Crippen LogP contribution in [0.15, 0.2) is 35.0 Å². The Hall–Kier alpha value is -1.01. The first-order chi connectivity index (χ1) is 10.5. The lowest BCUT2D eigenvalue weighted by atomic mass is 10.0. The van der Waals surface area contributed by atoms with Gasteiger partial charge in [-0.3, -0.25) is 4.79 Å². The third-order valence-corrected chi connectivity index (χ3v) is 5.78. The Morgan fingerprint density at radius 1 is 0.909 bits per heavy atom. The fourth-order valence-electron chi connectivity index (χ4n) is 2.55. The van der Waals surface area contributed by atoms with Gasteiger partial charge in [-0.2, -0.15) is 0 Å². The summed E-state index contributed by atoms with van der Waals surface area (Å²) in [6, 6.07) is 8.69. The number of rotatable bonds is 8. The Balaban J connectivity index is 2.04. The number of hydrogen-bond acceptors (Lipinski definition) is 5. The Morgan fingerprint density at radius 3 is 1.59 bits per heavy atom. The molecule has 120 valence electrons. The van der Waals surface area contributed by atoms with Crippen LogP contribution in [-0.4, -0.2) is 43.8 Å². The number of carbonyl (C=O) groups is 1. The Bertz CT molecular complexity index is 511. The molecule has 2 aromatic rings. The summed E-state index contributed by atoms with van der Waals surface area (Å²) in [5, 5.41) is 4.15. The van der Waals surface area contributed by atoms with Crippen molar-refractivity contribution in [3.05, 3.63) is 44.8 Å². The molecule has 2 atom stereocenters. The van der Waals surface area contributed by atoms with Crippen molar-refractivity contribution in [2.24, 2.45) is 0 Å². The first-order valence-electron chi connectivity index (χ1n) is 7.40. The first-order valence-corrected chi connectivity index (χ1v) is 9.16. The predicted molar refractivity (Wildman–Crippen MR) is 95.7 cm³/mol. The summed E-state index contributed by atoms with van der Waals surface area (Å²) in [5.74, 6) is 0.319. The van der Waals surface area contributed by atoms with Crippen LogP contribution in [0, 0.1) is 0 Å². The largest absolute Gasteiger partial charge is 0.301 e. The van der Waals surface area contributed by atoms with Crippen LogP contribution in [0.3, 0.4) is 0 Å². The maximum atomic E-state index is 12.6. The second-order valence-electron chi connectivity index (χ2n) is 5.94. The third-order valence-electron chi connectivity index (χ3n) is 3.83. The molecule has 5 heteroatoms. The standard InChI is InChI=1S/C17H24N2OS2/c1-18(2)14(16-7-5-9-21-16)11-13(20)12-15(19(3)4)17-8-6-10-22-17/h5-10,14-15H,11-12H2,1-4H3. The number of hydrogen-bond donors (Lipinski definition) is 0. The van der Waals surface area contributed by atoms with Crippen LogP contribution in [0.2, 0.25) is 0 Å². The lowest BCUT2D eigenvalue weighted by molar-refractivity contribution is -0.121. The van der Waals surface area contributed by atoms with Gasteiger partial charge in [-0.1, -0.05) is 12.1 Å². The highest BCUT2D eigenvalue weighted by Gasteiger charge is 2.23. The summed E-state index contributed by atoms with van der Waals surface area (Å²) in [4.78, 5) is 19.4. The maximum absolute atomic E-state index is 12.6. The maximum Gasteiger partial charge on any atom is 0.136 e. The normalized spacial score (nSPS) is 14.5. The van der Waals surface area contributed by atoms with E-state index in [1.54, 1.807) is 22.7 Å². The van der Waals surface area contributed by atoms with E-state index < -0.39 is 0 Å². The third kappa shape index (κ3) is 4.49. The van der Waals surface area contributed by atoms with Gasteiger partial charge in [-0.25, -0.2) is 0 Å². The quantitative estimate of drug-likeness (QED) is 0.726. The van der Waals surface area contributed by atoms with Crippen LogP contribution in [-0.2, 0) is 4.79 Å². The van der Waals surface area contributed by atoms with Crippen molar-refractivity contribution in [1.29, 1.82) is 0 Å². The van der Waals surface area contributed by atoms with Gasteiger partial charge in [0.2, 0.25) is 0 Å². The van der Waals surface area contributed by atoms with Crippen LogP contribution in [0.25, 0.3) is 0 Å². The molecule has 3 nitrogen and oxygen atoms in total. The number of ketones is 1. The molecule has 0 fully saturated rings. The Kier molecular flexibility index (Phi) is 6.32. The van der Waals surface area contributed by atoms with Crippen molar-refractivity contribution in [2.75, 3.05) is 28.2 Å². The van der Waals surface area contributed by atoms with E-state index in [2.05, 4.69) is 44.8 Å². The molecule has 0 saturated carbocycles. The van der Waals surface area contributed by atoms with Gasteiger partial charge >= 0.3 is 0 Å². The van der Waals surface area contributed by atoms with Gasteiger partial charge < -0.3 is 9.80 Å². The van der Waals surface area contributed by atoms with Crippen molar-refractivity contribution in [2.45, 2.75) is 24.9 Å². The average Bonchev–Trinajstić information content (AvgIpc) is 3.14. The molecule has 0 bridgehead atoms. The molecule has 0 aliphatic rings. The molecule has 0 saturated heterocycles. The molecule has 2 rings (SSSR count). The van der Waals surface area contributed by atoms with E-state index >= 15 is 0 Å². The molecule has 0 radical (unpaired) electrons. The van der Waals surface area contributed by atoms with Crippen LogP contribution < -0.4 is 0 Å². The van der Waals surface area contributed by atoms with Crippen molar-refractivity contribution >= 4 is 28.5 Å². The molecule has 22 heavy (non-hydrogen) atoms. The number of Topliss-reactive ketones (excluding diaryl/α,β-unsaturated/α-hetero) is 1. The van der Waals surface area contributed by atoms with Crippen LogP contribution in [0.1, 0.15) is 34.7 Å².